The second-order valence-corrected chi connectivity index (χ2v) is 7.85. The van der Waals surface area contributed by atoms with E-state index in [2.05, 4.69) is 30.8 Å². The molecule has 29 heavy (non-hydrogen) atoms. The molecule has 7 nitrogen and oxygen atoms in total. The first-order chi connectivity index (χ1) is 14.2. The van der Waals surface area contributed by atoms with Gasteiger partial charge in [-0.2, -0.15) is 5.26 Å². The van der Waals surface area contributed by atoms with Crippen LogP contribution in [-0.4, -0.2) is 46.0 Å². The van der Waals surface area contributed by atoms with Gasteiger partial charge in [-0.15, -0.1) is 0 Å². The monoisotopic (exact) mass is 386 g/mol. The normalized spacial score (nSPS) is 17.4. The number of aromatic nitrogens is 3. The highest BCUT2D eigenvalue weighted by Crippen LogP contribution is 2.38. The second kappa shape index (κ2) is 7.30. The summed E-state index contributed by atoms with van der Waals surface area (Å²) in [5, 5.41) is 9.27. The van der Waals surface area contributed by atoms with Crippen LogP contribution in [0.15, 0.2) is 41.5 Å². The van der Waals surface area contributed by atoms with Crippen molar-refractivity contribution in [3.05, 3.63) is 63.8 Å². The lowest BCUT2D eigenvalue weighted by molar-refractivity contribution is 0.249. The molecule has 0 amide bonds. The summed E-state index contributed by atoms with van der Waals surface area (Å²) >= 11 is 0. The molecule has 0 aromatic carbocycles. The van der Waals surface area contributed by atoms with E-state index in [1.807, 2.05) is 30.5 Å². The highest BCUT2D eigenvalue weighted by atomic mass is 16.1. The summed E-state index contributed by atoms with van der Waals surface area (Å²) in [5.74, 6) is 0.419. The van der Waals surface area contributed by atoms with Crippen LogP contribution in [0.4, 0.5) is 5.69 Å². The van der Waals surface area contributed by atoms with E-state index in [-0.39, 0.29) is 5.56 Å². The highest BCUT2D eigenvalue weighted by molar-refractivity contribution is 5.75. The first-order valence-electron chi connectivity index (χ1n) is 10.1. The zero-order valence-electron chi connectivity index (χ0n) is 16.1. The number of piperazine rings is 1. The van der Waals surface area contributed by atoms with Gasteiger partial charge in [-0.25, -0.2) is 4.98 Å². The van der Waals surface area contributed by atoms with E-state index < -0.39 is 0 Å². The molecule has 5 rings (SSSR count). The fourth-order valence-corrected chi connectivity index (χ4v) is 4.07. The van der Waals surface area contributed by atoms with Crippen molar-refractivity contribution in [1.29, 1.82) is 5.26 Å². The SMILES string of the molecule is N#Cc1ncccc1N1CCN(Cc2cnc3cc(C4CC4)c(=O)[nH]c3c2)CC1. The highest BCUT2D eigenvalue weighted by Gasteiger charge is 2.26. The first kappa shape index (κ1) is 17.8. The molecule has 0 radical (unpaired) electrons. The molecule has 0 unspecified atom stereocenters. The minimum absolute atomic E-state index is 0.0253. The number of aromatic amines is 1. The number of hydrogen-bond acceptors (Lipinski definition) is 6. The van der Waals surface area contributed by atoms with E-state index in [9.17, 15) is 10.1 Å². The fourth-order valence-electron chi connectivity index (χ4n) is 4.07. The quantitative estimate of drug-likeness (QED) is 0.741. The van der Waals surface area contributed by atoms with Gasteiger partial charge in [0.15, 0.2) is 5.69 Å². The molecule has 1 saturated carbocycles. The Kier molecular flexibility index (Phi) is 4.49. The molecule has 3 aromatic heterocycles. The molecule has 2 fully saturated rings. The summed E-state index contributed by atoms with van der Waals surface area (Å²) in [6.07, 6.45) is 5.78. The number of H-pyrrole nitrogens is 1. The zero-order valence-corrected chi connectivity index (χ0v) is 16.1. The Balaban J connectivity index is 1.28. The van der Waals surface area contributed by atoms with Crippen LogP contribution in [0.25, 0.3) is 11.0 Å². The summed E-state index contributed by atoms with van der Waals surface area (Å²) in [7, 11) is 0. The Hall–Kier alpha value is -3.24. The van der Waals surface area contributed by atoms with Gasteiger partial charge >= 0.3 is 0 Å². The molecule has 1 saturated heterocycles. The number of pyridine rings is 3. The van der Waals surface area contributed by atoms with Crippen molar-refractivity contribution in [2.75, 3.05) is 31.1 Å². The van der Waals surface area contributed by atoms with Crippen LogP contribution in [0.3, 0.4) is 0 Å². The van der Waals surface area contributed by atoms with E-state index in [4.69, 9.17) is 0 Å². The smallest absolute Gasteiger partial charge is 0.252 e. The lowest BCUT2D eigenvalue weighted by atomic mass is 10.1. The molecule has 0 atom stereocenters. The van der Waals surface area contributed by atoms with Crippen LogP contribution in [0, 0.1) is 11.3 Å². The van der Waals surface area contributed by atoms with Crippen LogP contribution in [0.5, 0.6) is 0 Å². The predicted octanol–water partition coefficient (Wildman–Crippen LogP) is 2.39. The molecule has 7 heteroatoms. The van der Waals surface area contributed by atoms with Gasteiger partial charge in [-0.05, 0) is 48.6 Å². The lowest BCUT2D eigenvalue weighted by Gasteiger charge is -2.36. The van der Waals surface area contributed by atoms with Crippen molar-refractivity contribution in [3.63, 3.8) is 0 Å². The number of anilines is 1. The number of rotatable bonds is 4. The standard InChI is InChI=1S/C22H22N6O/c23-12-20-21(2-1-5-24-20)28-8-6-27(7-9-28)14-15-10-19-18(25-13-15)11-17(16-3-4-16)22(29)26-19/h1-2,5,10-11,13,16H,3-4,6-9,14H2,(H,26,29). The number of nitrogens with zero attached hydrogens (tertiary/aromatic N) is 5. The van der Waals surface area contributed by atoms with Gasteiger partial charge in [0.05, 0.1) is 16.7 Å². The maximum atomic E-state index is 12.3. The lowest BCUT2D eigenvalue weighted by Crippen LogP contribution is -2.46. The Labute approximate surface area is 168 Å². The molecule has 0 bridgehead atoms. The van der Waals surface area contributed by atoms with E-state index in [1.54, 1.807) is 6.20 Å². The molecule has 4 heterocycles. The average molecular weight is 386 g/mol. The van der Waals surface area contributed by atoms with Crippen LogP contribution in [0.2, 0.25) is 0 Å². The van der Waals surface area contributed by atoms with Gasteiger partial charge in [0.1, 0.15) is 6.07 Å². The first-order valence-corrected chi connectivity index (χ1v) is 10.1. The third-order valence-electron chi connectivity index (χ3n) is 5.81. The molecular formula is C22H22N6O. The van der Waals surface area contributed by atoms with Crippen molar-refractivity contribution in [3.8, 4) is 6.07 Å². The average Bonchev–Trinajstić information content (AvgIpc) is 3.59. The molecule has 1 N–H and O–H groups in total. The van der Waals surface area contributed by atoms with Gasteiger partial charge in [0.25, 0.3) is 5.56 Å². The Morgan fingerprint density at radius 3 is 2.76 bits per heavy atom. The van der Waals surface area contributed by atoms with E-state index in [0.29, 0.717) is 11.6 Å². The number of nitriles is 1. The molecule has 1 aliphatic heterocycles. The van der Waals surface area contributed by atoms with Crippen LogP contribution in [-0.2, 0) is 6.54 Å². The molecular weight excluding hydrogens is 364 g/mol. The molecule has 2 aliphatic rings. The van der Waals surface area contributed by atoms with E-state index in [1.165, 1.54) is 0 Å². The van der Waals surface area contributed by atoms with Gasteiger partial charge in [0.2, 0.25) is 0 Å². The molecule has 146 valence electrons. The molecule has 1 aliphatic carbocycles. The van der Waals surface area contributed by atoms with Gasteiger partial charge < -0.3 is 9.88 Å². The minimum atomic E-state index is 0.0253. The third-order valence-corrected chi connectivity index (χ3v) is 5.81. The van der Waals surface area contributed by atoms with Crippen molar-refractivity contribution in [2.24, 2.45) is 0 Å². The van der Waals surface area contributed by atoms with Gasteiger partial charge in [-0.3, -0.25) is 14.7 Å². The van der Waals surface area contributed by atoms with E-state index in [0.717, 1.165) is 73.4 Å². The number of fused-ring (bicyclic) bond motifs is 1. The van der Waals surface area contributed by atoms with Crippen LogP contribution < -0.4 is 10.5 Å². The summed E-state index contributed by atoms with van der Waals surface area (Å²) < 4.78 is 0. The van der Waals surface area contributed by atoms with Crippen molar-refractivity contribution < 1.29 is 0 Å². The zero-order chi connectivity index (χ0) is 19.8. The number of hydrogen-bond donors (Lipinski definition) is 1. The Morgan fingerprint density at radius 1 is 1.17 bits per heavy atom. The molecule has 3 aromatic rings. The van der Waals surface area contributed by atoms with Crippen molar-refractivity contribution in [1.82, 2.24) is 19.9 Å². The van der Waals surface area contributed by atoms with Crippen LogP contribution >= 0.6 is 0 Å². The largest absolute Gasteiger partial charge is 0.367 e. The summed E-state index contributed by atoms with van der Waals surface area (Å²) in [5.41, 5.74) is 5.06. The van der Waals surface area contributed by atoms with Crippen LogP contribution in [0.1, 0.15) is 35.6 Å². The summed E-state index contributed by atoms with van der Waals surface area (Å²) in [6, 6.07) is 10.0. The third kappa shape index (κ3) is 3.59. The summed E-state index contributed by atoms with van der Waals surface area (Å²) in [6.45, 7) is 4.29. The van der Waals surface area contributed by atoms with E-state index >= 15 is 0 Å². The van der Waals surface area contributed by atoms with Gasteiger partial charge in [0, 0.05) is 50.7 Å². The Bertz CT molecular complexity index is 1150. The number of nitrogens with one attached hydrogen (secondary N) is 1. The van der Waals surface area contributed by atoms with Crippen molar-refractivity contribution in [2.45, 2.75) is 25.3 Å². The van der Waals surface area contributed by atoms with Gasteiger partial charge in [-0.1, -0.05) is 0 Å². The topological polar surface area (TPSA) is 88.9 Å². The minimum Gasteiger partial charge on any atom is -0.367 e. The maximum absolute atomic E-state index is 12.3. The predicted molar refractivity (Wildman–Crippen MR) is 111 cm³/mol. The van der Waals surface area contributed by atoms with Crippen molar-refractivity contribution >= 4 is 16.7 Å². The maximum Gasteiger partial charge on any atom is 0.252 e. The fraction of sp³-hybridized carbons (Fsp3) is 0.364. The second-order valence-electron chi connectivity index (χ2n) is 7.85. The summed E-state index contributed by atoms with van der Waals surface area (Å²) in [4.78, 5) is 28.7. The Morgan fingerprint density at radius 2 is 2.00 bits per heavy atom. The molecule has 0 spiro atoms.